The van der Waals surface area contributed by atoms with E-state index in [-0.39, 0.29) is 47.2 Å². The topological polar surface area (TPSA) is 199 Å². The van der Waals surface area contributed by atoms with Gasteiger partial charge in [0.15, 0.2) is 0 Å². The number of aromatic amines is 1. The van der Waals surface area contributed by atoms with Gasteiger partial charge in [0.25, 0.3) is 5.56 Å². The maximum absolute atomic E-state index is 13.4. The third-order valence-corrected chi connectivity index (χ3v) is 7.30. The Morgan fingerprint density at radius 1 is 1.16 bits per heavy atom. The molecule has 207 valence electrons. The van der Waals surface area contributed by atoms with E-state index in [1.807, 2.05) is 25.1 Å². The van der Waals surface area contributed by atoms with Gasteiger partial charge in [-0.2, -0.15) is 0 Å². The van der Waals surface area contributed by atoms with Crippen LogP contribution in [-0.4, -0.2) is 61.1 Å². The van der Waals surface area contributed by atoms with E-state index < -0.39 is 37.1 Å². The van der Waals surface area contributed by atoms with E-state index >= 15 is 0 Å². The van der Waals surface area contributed by atoms with E-state index in [0.717, 1.165) is 16.8 Å². The molecule has 0 aliphatic carbocycles. The average molecular weight is 586 g/mol. The number of rotatable bonds is 7. The molecule has 0 bridgehead atoms. The molecule has 2 unspecified atom stereocenters. The summed E-state index contributed by atoms with van der Waals surface area (Å²) in [6.07, 6.45) is 2.91. The molecule has 1 fully saturated rings. The van der Waals surface area contributed by atoms with E-state index in [1.54, 1.807) is 25.4 Å². The molecule has 0 saturated carbocycles. The van der Waals surface area contributed by atoms with Crippen LogP contribution >= 0.6 is 7.37 Å². The number of aromatic nitrogens is 4. The van der Waals surface area contributed by atoms with Crippen LogP contribution in [0.1, 0.15) is 29.3 Å². The summed E-state index contributed by atoms with van der Waals surface area (Å²) in [7, 11) is -3.17. The molecule has 0 aromatic carbocycles. The molecule has 0 spiro atoms. The van der Waals surface area contributed by atoms with Crippen LogP contribution in [0.4, 0.5) is 0 Å². The van der Waals surface area contributed by atoms with Gasteiger partial charge in [-0.25, -0.2) is 4.79 Å². The van der Waals surface area contributed by atoms with E-state index in [9.17, 15) is 19.3 Å². The predicted octanol–water partition coefficient (Wildman–Crippen LogP) is 0.732. The summed E-state index contributed by atoms with van der Waals surface area (Å²) >= 11 is 0. The molecule has 4 atom stereocenters. The van der Waals surface area contributed by atoms with Crippen LogP contribution in [0, 0.1) is 13.8 Å². The number of hydrogen-bond donors (Lipinski definition) is 2. The molecule has 14 heteroatoms. The number of aliphatic hydroxyl groups excluding tert-OH is 1. The Hall–Kier alpha value is -2.47. The number of nitrogens with zero attached hydrogens (tertiary/aromatic N) is 3. The van der Waals surface area contributed by atoms with Crippen molar-refractivity contribution in [1.82, 2.24) is 19.5 Å². The van der Waals surface area contributed by atoms with Crippen LogP contribution < -0.4 is 11.2 Å². The van der Waals surface area contributed by atoms with Gasteiger partial charge in [0.1, 0.15) is 12.3 Å². The summed E-state index contributed by atoms with van der Waals surface area (Å²) < 4.78 is 26.4. The number of ether oxygens (including phenoxy) is 1. The largest absolute Gasteiger partial charge is 0.412 e. The number of nitrogens with one attached hydrogen (secondary N) is 1. The standard InChI is InChI=1S/C23H27N4O6P.Cu.2H2O/c1-14-4-6-24-17(8-14)18-9-16(5-7-25-18)13-34(3,31)33-19-10-21(32-20(19)12-28)27-11-15(2)22(29)26-23(27)30;;;/h4-9,11,19-21,28H,10,12-13H2,1-3H3,(H,26,29,30);;2*1H2/t19?,20-,21-,34?;;;/m1.../s1. The Balaban J connectivity index is 0.00000228. The normalized spacial score (nSPS) is 20.2. The minimum Gasteiger partial charge on any atom is -0.412 e. The molecule has 12 nitrogen and oxygen atoms in total. The van der Waals surface area contributed by atoms with E-state index in [4.69, 9.17) is 9.26 Å². The summed E-state index contributed by atoms with van der Waals surface area (Å²) in [6.45, 7) is 4.73. The van der Waals surface area contributed by atoms with Gasteiger partial charge in [-0.15, -0.1) is 0 Å². The van der Waals surface area contributed by atoms with Gasteiger partial charge in [-0.3, -0.25) is 28.9 Å². The van der Waals surface area contributed by atoms with Crippen LogP contribution in [-0.2, 0) is 37.1 Å². The quantitative estimate of drug-likeness (QED) is 0.298. The molecule has 3 aromatic rings. The molecular weight excluding hydrogens is 555 g/mol. The number of aryl methyl sites for hydroxylation is 2. The third-order valence-electron chi connectivity index (χ3n) is 5.65. The van der Waals surface area contributed by atoms with Crippen molar-refractivity contribution in [3.63, 3.8) is 0 Å². The zero-order valence-electron chi connectivity index (χ0n) is 20.5. The maximum Gasteiger partial charge on any atom is 0.330 e. The molecule has 1 radical (unpaired) electrons. The predicted molar refractivity (Wildman–Crippen MR) is 133 cm³/mol. The van der Waals surface area contributed by atoms with Gasteiger partial charge in [-0.05, 0) is 49.2 Å². The van der Waals surface area contributed by atoms with Crippen molar-refractivity contribution < 1.29 is 47.0 Å². The Bertz CT molecular complexity index is 1360. The summed E-state index contributed by atoms with van der Waals surface area (Å²) in [6, 6.07) is 7.44. The number of H-pyrrole nitrogens is 1. The van der Waals surface area contributed by atoms with E-state index in [0.29, 0.717) is 11.3 Å². The molecule has 1 aliphatic heterocycles. The Labute approximate surface area is 223 Å². The molecule has 4 heterocycles. The van der Waals surface area contributed by atoms with E-state index in [1.165, 1.54) is 17.4 Å². The summed E-state index contributed by atoms with van der Waals surface area (Å²) in [5.74, 6) is 0. The van der Waals surface area contributed by atoms with Crippen molar-refractivity contribution in [1.29, 1.82) is 0 Å². The second-order valence-corrected chi connectivity index (χ2v) is 11.2. The maximum atomic E-state index is 13.4. The molecule has 1 saturated heterocycles. The van der Waals surface area contributed by atoms with Crippen LogP contribution in [0.3, 0.4) is 0 Å². The fourth-order valence-corrected chi connectivity index (χ4v) is 5.72. The van der Waals surface area contributed by atoms with Crippen LogP contribution in [0.25, 0.3) is 11.4 Å². The van der Waals surface area contributed by atoms with Crippen LogP contribution in [0.2, 0.25) is 0 Å². The second-order valence-electron chi connectivity index (χ2n) is 8.61. The minimum atomic E-state index is -3.17. The van der Waals surface area contributed by atoms with Crippen molar-refractivity contribution in [2.75, 3.05) is 13.3 Å². The molecular formula is C23H31CuN4O8P. The van der Waals surface area contributed by atoms with Gasteiger partial charge in [0.2, 0.25) is 7.37 Å². The average Bonchev–Trinajstić information content (AvgIpc) is 3.17. The Morgan fingerprint density at radius 3 is 2.46 bits per heavy atom. The second kappa shape index (κ2) is 13.4. The van der Waals surface area contributed by atoms with Crippen molar-refractivity contribution in [3.8, 4) is 11.4 Å². The molecule has 6 N–H and O–H groups in total. The first kappa shape index (κ1) is 32.6. The first-order valence-electron chi connectivity index (χ1n) is 10.9. The Morgan fingerprint density at radius 2 is 1.81 bits per heavy atom. The zero-order valence-corrected chi connectivity index (χ0v) is 22.3. The van der Waals surface area contributed by atoms with Crippen molar-refractivity contribution in [3.05, 3.63) is 80.4 Å². The van der Waals surface area contributed by atoms with Gasteiger partial charge >= 0.3 is 5.69 Å². The molecule has 3 aromatic heterocycles. The molecule has 0 amide bonds. The van der Waals surface area contributed by atoms with Crippen LogP contribution in [0.15, 0.2) is 52.4 Å². The van der Waals surface area contributed by atoms with Gasteiger partial charge in [0, 0.05) is 60.5 Å². The molecule has 4 rings (SSSR count). The number of hydrogen-bond acceptors (Lipinski definition) is 8. The molecule has 1 aliphatic rings. The first-order valence-corrected chi connectivity index (χ1v) is 13.1. The SMILES string of the molecule is Cc1ccnc(-c2cc(CP(C)(=O)OC3C[C@H](n4cc(C)c(=O)[nH]c4=O)O[C@@H]3CO)ccn2)c1.O.O.[Cu]. The van der Waals surface area contributed by atoms with Crippen molar-refractivity contribution >= 4 is 7.37 Å². The fraction of sp³-hybridized carbons (Fsp3) is 0.391. The fourth-order valence-electron chi connectivity index (χ4n) is 3.99. The smallest absolute Gasteiger partial charge is 0.330 e. The third kappa shape index (κ3) is 7.76. The summed E-state index contributed by atoms with van der Waals surface area (Å²) in [5.41, 5.74) is 2.50. The van der Waals surface area contributed by atoms with Crippen molar-refractivity contribution in [2.45, 2.75) is 44.9 Å². The monoisotopic (exact) mass is 585 g/mol. The minimum absolute atomic E-state index is 0. The number of aliphatic hydroxyl groups is 1. The Kier molecular flexibility index (Phi) is 11.8. The van der Waals surface area contributed by atoms with Crippen molar-refractivity contribution in [2.24, 2.45) is 0 Å². The van der Waals surface area contributed by atoms with E-state index in [2.05, 4.69) is 15.0 Å². The zero-order chi connectivity index (χ0) is 24.5. The van der Waals surface area contributed by atoms with Gasteiger partial charge in [-0.1, -0.05) is 0 Å². The number of pyridine rings is 2. The van der Waals surface area contributed by atoms with Crippen LogP contribution in [0.5, 0.6) is 0 Å². The van der Waals surface area contributed by atoms with Gasteiger partial charge in [0.05, 0.1) is 24.1 Å². The summed E-state index contributed by atoms with van der Waals surface area (Å²) in [4.78, 5) is 34.9. The van der Waals surface area contributed by atoms with Gasteiger partial charge < -0.3 is 25.3 Å². The first-order chi connectivity index (χ1) is 16.1. The summed E-state index contributed by atoms with van der Waals surface area (Å²) in [5, 5.41) is 9.79. The molecule has 37 heavy (non-hydrogen) atoms.